The SMILES string of the molecule is C=C1C=COC1=O. The van der Waals surface area contributed by atoms with Gasteiger partial charge in [0.05, 0.1) is 11.8 Å². The highest BCUT2D eigenvalue weighted by Crippen LogP contribution is 2.04. The van der Waals surface area contributed by atoms with Crippen LogP contribution in [0.3, 0.4) is 0 Å². The van der Waals surface area contributed by atoms with Crippen LogP contribution in [0.1, 0.15) is 0 Å². The molecule has 2 nitrogen and oxygen atoms in total. The highest BCUT2D eigenvalue weighted by atomic mass is 16.5. The van der Waals surface area contributed by atoms with Gasteiger partial charge in [0.15, 0.2) is 0 Å². The van der Waals surface area contributed by atoms with Crippen molar-refractivity contribution in [3.63, 3.8) is 0 Å². The number of ether oxygens (including phenoxy) is 1. The lowest BCUT2D eigenvalue weighted by Crippen LogP contribution is -1.91. The number of carbonyl (C=O) groups is 1. The van der Waals surface area contributed by atoms with Gasteiger partial charge >= 0.3 is 5.97 Å². The maximum absolute atomic E-state index is 10.2. The van der Waals surface area contributed by atoms with E-state index in [0.29, 0.717) is 5.57 Å². The van der Waals surface area contributed by atoms with Gasteiger partial charge in [0.2, 0.25) is 0 Å². The summed E-state index contributed by atoms with van der Waals surface area (Å²) in [4.78, 5) is 10.2. The second-order valence-corrected chi connectivity index (χ2v) is 1.23. The van der Waals surface area contributed by atoms with E-state index in [2.05, 4.69) is 11.3 Å². The average Bonchev–Trinajstić information content (AvgIpc) is 1.91. The van der Waals surface area contributed by atoms with Gasteiger partial charge in [0, 0.05) is 0 Å². The van der Waals surface area contributed by atoms with Crippen LogP contribution in [0, 0.1) is 0 Å². The first-order valence-corrected chi connectivity index (χ1v) is 1.87. The highest BCUT2D eigenvalue weighted by Gasteiger charge is 2.07. The van der Waals surface area contributed by atoms with Crippen LogP contribution in [0.2, 0.25) is 0 Å². The summed E-state index contributed by atoms with van der Waals surface area (Å²) in [5.74, 6) is -0.347. The first kappa shape index (κ1) is 4.12. The molecule has 0 spiro atoms. The van der Waals surface area contributed by atoms with Crippen LogP contribution < -0.4 is 0 Å². The molecule has 0 unspecified atom stereocenters. The van der Waals surface area contributed by atoms with E-state index in [9.17, 15) is 4.79 Å². The largest absolute Gasteiger partial charge is 0.431 e. The molecular formula is C5H4O2. The molecule has 0 aromatic rings. The summed E-state index contributed by atoms with van der Waals surface area (Å²) in [6.07, 6.45) is 2.85. The third-order valence-corrected chi connectivity index (χ3v) is 0.706. The van der Waals surface area contributed by atoms with Crippen LogP contribution in [-0.4, -0.2) is 5.97 Å². The molecule has 0 bridgehead atoms. The lowest BCUT2D eigenvalue weighted by Gasteiger charge is -1.82. The Hall–Kier alpha value is -1.05. The summed E-state index contributed by atoms with van der Waals surface area (Å²) in [5, 5.41) is 0. The molecule has 0 aromatic carbocycles. The van der Waals surface area contributed by atoms with Crippen LogP contribution >= 0.6 is 0 Å². The van der Waals surface area contributed by atoms with E-state index in [1.807, 2.05) is 0 Å². The molecule has 0 N–H and O–H groups in total. The second-order valence-electron chi connectivity index (χ2n) is 1.23. The molecule has 1 rings (SSSR count). The molecule has 0 saturated heterocycles. The van der Waals surface area contributed by atoms with Gasteiger partial charge in [-0.3, -0.25) is 0 Å². The van der Waals surface area contributed by atoms with Gasteiger partial charge in [0.1, 0.15) is 0 Å². The van der Waals surface area contributed by atoms with E-state index in [4.69, 9.17) is 0 Å². The van der Waals surface area contributed by atoms with Crippen molar-refractivity contribution in [2.45, 2.75) is 0 Å². The fourth-order valence-corrected chi connectivity index (χ4v) is 0.322. The minimum Gasteiger partial charge on any atom is -0.431 e. The molecule has 1 aliphatic rings. The zero-order chi connectivity index (χ0) is 5.28. The van der Waals surface area contributed by atoms with Gasteiger partial charge in [-0.25, -0.2) is 4.79 Å². The standard InChI is InChI=1S/C5H4O2/c1-4-2-3-7-5(4)6/h2-3H,1H2. The molecule has 0 aliphatic carbocycles. The van der Waals surface area contributed by atoms with Gasteiger partial charge in [-0.1, -0.05) is 6.58 Å². The van der Waals surface area contributed by atoms with Crippen molar-refractivity contribution in [3.05, 3.63) is 24.5 Å². The number of carbonyl (C=O) groups excluding carboxylic acids is 1. The summed E-state index contributed by atoms with van der Waals surface area (Å²) >= 11 is 0. The predicted molar refractivity (Wildman–Crippen MR) is 24.4 cm³/mol. The number of hydrogen-bond acceptors (Lipinski definition) is 2. The third kappa shape index (κ3) is 0.538. The second kappa shape index (κ2) is 1.22. The maximum atomic E-state index is 10.2. The predicted octanol–water partition coefficient (Wildman–Crippen LogP) is 0.613. The van der Waals surface area contributed by atoms with Crippen molar-refractivity contribution in [2.24, 2.45) is 0 Å². The Morgan fingerprint density at radius 1 is 1.71 bits per heavy atom. The topological polar surface area (TPSA) is 26.3 Å². The van der Waals surface area contributed by atoms with E-state index in [1.54, 1.807) is 0 Å². The normalized spacial score (nSPS) is 17.7. The van der Waals surface area contributed by atoms with E-state index in [-0.39, 0.29) is 5.97 Å². The Labute approximate surface area is 41.1 Å². The van der Waals surface area contributed by atoms with Gasteiger partial charge in [-0.05, 0) is 6.08 Å². The quantitative estimate of drug-likeness (QED) is 0.326. The fourth-order valence-electron chi connectivity index (χ4n) is 0.322. The molecule has 7 heavy (non-hydrogen) atoms. The Morgan fingerprint density at radius 3 is 2.57 bits per heavy atom. The number of hydrogen-bond donors (Lipinski definition) is 0. The Morgan fingerprint density at radius 2 is 2.43 bits per heavy atom. The number of cyclic esters (lactones) is 1. The van der Waals surface area contributed by atoms with Crippen molar-refractivity contribution in [3.8, 4) is 0 Å². The van der Waals surface area contributed by atoms with Crippen LogP contribution in [0.15, 0.2) is 24.5 Å². The Bertz CT molecular complexity index is 144. The van der Waals surface area contributed by atoms with Crippen molar-refractivity contribution in [2.75, 3.05) is 0 Å². The van der Waals surface area contributed by atoms with Crippen LogP contribution in [-0.2, 0) is 9.53 Å². The van der Waals surface area contributed by atoms with Gasteiger partial charge in [-0.15, -0.1) is 0 Å². The average molecular weight is 96.1 g/mol. The van der Waals surface area contributed by atoms with Crippen LogP contribution in [0.4, 0.5) is 0 Å². The molecule has 2 heteroatoms. The Balaban J connectivity index is 2.81. The minimum absolute atomic E-state index is 0.347. The van der Waals surface area contributed by atoms with Crippen LogP contribution in [0.25, 0.3) is 0 Å². The van der Waals surface area contributed by atoms with Crippen molar-refractivity contribution >= 4 is 5.97 Å². The van der Waals surface area contributed by atoms with Gasteiger partial charge < -0.3 is 4.74 Å². The highest BCUT2D eigenvalue weighted by molar-refractivity contribution is 5.93. The first-order chi connectivity index (χ1) is 3.30. The van der Waals surface area contributed by atoms with E-state index >= 15 is 0 Å². The zero-order valence-electron chi connectivity index (χ0n) is 3.68. The molecule has 0 amide bonds. The molecule has 1 aliphatic heterocycles. The number of rotatable bonds is 0. The molecule has 0 radical (unpaired) electrons. The van der Waals surface area contributed by atoms with E-state index < -0.39 is 0 Å². The first-order valence-electron chi connectivity index (χ1n) is 1.87. The fraction of sp³-hybridized carbons (Fsp3) is 0. The number of esters is 1. The van der Waals surface area contributed by atoms with Gasteiger partial charge in [0.25, 0.3) is 0 Å². The molecule has 0 saturated carbocycles. The monoisotopic (exact) mass is 96.0 g/mol. The Kier molecular flexibility index (Phi) is 0.719. The molecule has 1 heterocycles. The van der Waals surface area contributed by atoms with Crippen LogP contribution in [0.5, 0.6) is 0 Å². The lowest BCUT2D eigenvalue weighted by atomic mass is 10.3. The van der Waals surface area contributed by atoms with Gasteiger partial charge in [-0.2, -0.15) is 0 Å². The summed E-state index contributed by atoms with van der Waals surface area (Å²) in [6, 6.07) is 0. The smallest absolute Gasteiger partial charge is 0.342 e. The summed E-state index contributed by atoms with van der Waals surface area (Å²) in [5.41, 5.74) is 0.417. The third-order valence-electron chi connectivity index (χ3n) is 0.706. The molecule has 0 atom stereocenters. The van der Waals surface area contributed by atoms with Crippen molar-refractivity contribution in [1.29, 1.82) is 0 Å². The summed E-state index contributed by atoms with van der Waals surface area (Å²) in [7, 11) is 0. The minimum atomic E-state index is -0.347. The lowest BCUT2D eigenvalue weighted by molar-refractivity contribution is -0.132. The maximum Gasteiger partial charge on any atom is 0.342 e. The summed E-state index contributed by atoms with van der Waals surface area (Å²) in [6.45, 7) is 3.37. The molecule has 0 aromatic heterocycles. The summed E-state index contributed by atoms with van der Waals surface area (Å²) < 4.78 is 4.35. The molecular weight excluding hydrogens is 92.1 g/mol. The molecule has 0 fully saturated rings. The van der Waals surface area contributed by atoms with Crippen molar-refractivity contribution in [1.82, 2.24) is 0 Å². The van der Waals surface area contributed by atoms with Crippen molar-refractivity contribution < 1.29 is 9.53 Å². The molecule has 36 valence electrons. The van der Waals surface area contributed by atoms with E-state index in [1.165, 1.54) is 12.3 Å². The zero-order valence-corrected chi connectivity index (χ0v) is 3.68. The van der Waals surface area contributed by atoms with E-state index in [0.717, 1.165) is 0 Å².